The van der Waals surface area contributed by atoms with E-state index in [1.165, 1.54) is 12.1 Å². The summed E-state index contributed by atoms with van der Waals surface area (Å²) >= 11 is 0. The van der Waals surface area contributed by atoms with Crippen LogP contribution in [0.1, 0.15) is 11.3 Å². The topological polar surface area (TPSA) is 79.5 Å². The van der Waals surface area contributed by atoms with Crippen LogP contribution in [0.3, 0.4) is 0 Å². The second-order valence-electron chi connectivity index (χ2n) is 4.03. The van der Waals surface area contributed by atoms with Gasteiger partial charge in [-0.25, -0.2) is 13.1 Å². The molecule has 0 atom stereocenters. The number of sulfonamides is 1. The predicted octanol–water partition coefficient (Wildman–Crippen LogP) is 1.29. The van der Waals surface area contributed by atoms with Crippen LogP contribution in [0.25, 0.3) is 0 Å². The Morgan fingerprint density at radius 1 is 1.21 bits per heavy atom. The Bertz CT molecular complexity index is 620. The molecule has 0 saturated heterocycles. The number of aliphatic hydroxyl groups excluding tert-OH is 1. The first-order chi connectivity index (χ1) is 9.12. The Labute approximate surface area is 111 Å². The van der Waals surface area contributed by atoms with E-state index in [1.807, 2.05) is 0 Å². The van der Waals surface area contributed by atoms with Crippen LogP contribution in [0.5, 0.6) is 0 Å². The molecule has 1 aromatic carbocycles. The van der Waals surface area contributed by atoms with Crippen LogP contribution in [0.2, 0.25) is 0 Å². The summed E-state index contributed by atoms with van der Waals surface area (Å²) in [7, 11) is -3.55. The SMILES string of the molecule is O=S(=O)(NCCc1ccco1)c1cccc(CO)c1. The molecule has 1 aromatic heterocycles. The third-order valence-corrected chi connectivity index (χ3v) is 4.09. The van der Waals surface area contributed by atoms with Crippen molar-refractivity contribution in [3.63, 3.8) is 0 Å². The van der Waals surface area contributed by atoms with Crippen molar-refractivity contribution in [2.75, 3.05) is 6.54 Å². The van der Waals surface area contributed by atoms with Gasteiger partial charge in [0.05, 0.1) is 17.8 Å². The quantitative estimate of drug-likeness (QED) is 0.836. The van der Waals surface area contributed by atoms with Gasteiger partial charge in [-0.05, 0) is 29.8 Å². The van der Waals surface area contributed by atoms with E-state index in [2.05, 4.69) is 4.72 Å². The fourth-order valence-corrected chi connectivity index (χ4v) is 2.76. The van der Waals surface area contributed by atoms with E-state index in [0.29, 0.717) is 12.0 Å². The Kier molecular flexibility index (Phi) is 4.36. The summed E-state index contributed by atoms with van der Waals surface area (Å²) in [6.45, 7) is 0.0783. The standard InChI is InChI=1S/C13H15NO4S/c15-10-11-3-1-5-13(9-11)19(16,17)14-7-6-12-4-2-8-18-12/h1-5,8-9,14-15H,6-7,10H2. The van der Waals surface area contributed by atoms with Gasteiger partial charge in [-0.15, -0.1) is 0 Å². The summed E-state index contributed by atoms with van der Waals surface area (Å²) in [6.07, 6.45) is 2.04. The van der Waals surface area contributed by atoms with E-state index in [-0.39, 0.29) is 18.0 Å². The second-order valence-corrected chi connectivity index (χ2v) is 5.80. The lowest BCUT2D eigenvalue weighted by Crippen LogP contribution is -2.26. The predicted molar refractivity (Wildman–Crippen MR) is 70.0 cm³/mol. The molecule has 5 nitrogen and oxygen atoms in total. The molecule has 19 heavy (non-hydrogen) atoms. The maximum atomic E-state index is 12.0. The zero-order chi connectivity index (χ0) is 13.7. The van der Waals surface area contributed by atoms with Crippen molar-refractivity contribution < 1.29 is 17.9 Å². The monoisotopic (exact) mass is 281 g/mol. The normalized spacial score (nSPS) is 11.6. The van der Waals surface area contributed by atoms with Gasteiger partial charge < -0.3 is 9.52 Å². The second kappa shape index (κ2) is 6.01. The van der Waals surface area contributed by atoms with Gasteiger partial charge in [0.2, 0.25) is 10.0 Å². The van der Waals surface area contributed by atoms with Crippen LogP contribution in [0, 0.1) is 0 Å². The first kappa shape index (κ1) is 13.8. The van der Waals surface area contributed by atoms with Crippen molar-refractivity contribution in [2.45, 2.75) is 17.9 Å². The lowest BCUT2D eigenvalue weighted by molar-refractivity contribution is 0.281. The molecule has 2 aromatic rings. The molecule has 0 amide bonds. The van der Waals surface area contributed by atoms with Crippen LogP contribution in [0.15, 0.2) is 52.0 Å². The molecule has 1 heterocycles. The highest BCUT2D eigenvalue weighted by Crippen LogP contribution is 2.11. The van der Waals surface area contributed by atoms with Gasteiger partial charge in [-0.2, -0.15) is 0 Å². The largest absolute Gasteiger partial charge is 0.469 e. The summed E-state index contributed by atoms with van der Waals surface area (Å²) in [5, 5.41) is 9.00. The third kappa shape index (κ3) is 3.66. The highest BCUT2D eigenvalue weighted by molar-refractivity contribution is 7.89. The van der Waals surface area contributed by atoms with E-state index in [9.17, 15) is 8.42 Å². The summed E-state index contributed by atoms with van der Waals surface area (Å²) in [4.78, 5) is 0.151. The summed E-state index contributed by atoms with van der Waals surface area (Å²) in [5.74, 6) is 0.729. The van der Waals surface area contributed by atoms with Crippen LogP contribution in [0.4, 0.5) is 0 Å². The summed E-state index contributed by atoms with van der Waals surface area (Å²) in [5.41, 5.74) is 0.564. The first-order valence-electron chi connectivity index (χ1n) is 5.84. The maximum Gasteiger partial charge on any atom is 0.240 e. The third-order valence-electron chi connectivity index (χ3n) is 2.63. The molecule has 0 spiro atoms. The highest BCUT2D eigenvalue weighted by atomic mass is 32.2. The lowest BCUT2D eigenvalue weighted by atomic mass is 10.2. The zero-order valence-corrected chi connectivity index (χ0v) is 11.1. The Morgan fingerprint density at radius 2 is 2.05 bits per heavy atom. The van der Waals surface area contributed by atoms with Gasteiger partial charge in [0.25, 0.3) is 0 Å². The maximum absolute atomic E-state index is 12.0. The fourth-order valence-electron chi connectivity index (χ4n) is 1.66. The number of nitrogens with one attached hydrogen (secondary N) is 1. The first-order valence-corrected chi connectivity index (χ1v) is 7.32. The minimum atomic E-state index is -3.55. The molecule has 0 aliphatic carbocycles. The Hall–Kier alpha value is -1.63. The smallest absolute Gasteiger partial charge is 0.240 e. The van der Waals surface area contributed by atoms with Crippen molar-refractivity contribution >= 4 is 10.0 Å². The molecule has 2 rings (SSSR count). The number of benzene rings is 1. The molecular weight excluding hydrogens is 266 g/mol. The van der Waals surface area contributed by atoms with E-state index < -0.39 is 10.0 Å². The molecular formula is C13H15NO4S. The van der Waals surface area contributed by atoms with Gasteiger partial charge in [0.15, 0.2) is 0 Å². The van der Waals surface area contributed by atoms with Crippen molar-refractivity contribution in [3.8, 4) is 0 Å². The Balaban J connectivity index is 2.01. The van der Waals surface area contributed by atoms with E-state index >= 15 is 0 Å². The minimum absolute atomic E-state index is 0.151. The van der Waals surface area contributed by atoms with Crippen LogP contribution in [-0.2, 0) is 23.1 Å². The van der Waals surface area contributed by atoms with Gasteiger partial charge in [-0.3, -0.25) is 0 Å². The molecule has 0 saturated carbocycles. The minimum Gasteiger partial charge on any atom is -0.469 e. The van der Waals surface area contributed by atoms with Crippen LogP contribution in [-0.4, -0.2) is 20.1 Å². The molecule has 0 radical (unpaired) electrons. The molecule has 0 bridgehead atoms. The van der Waals surface area contributed by atoms with Gasteiger partial charge >= 0.3 is 0 Å². The number of hydrogen-bond donors (Lipinski definition) is 2. The van der Waals surface area contributed by atoms with E-state index in [4.69, 9.17) is 9.52 Å². The molecule has 102 valence electrons. The van der Waals surface area contributed by atoms with Crippen LogP contribution >= 0.6 is 0 Å². The van der Waals surface area contributed by atoms with Gasteiger partial charge in [0.1, 0.15) is 5.76 Å². The number of aliphatic hydroxyl groups is 1. The molecule has 0 aliphatic heterocycles. The number of hydrogen-bond acceptors (Lipinski definition) is 4. The van der Waals surface area contributed by atoms with Gasteiger partial charge in [-0.1, -0.05) is 12.1 Å². The zero-order valence-electron chi connectivity index (χ0n) is 10.2. The summed E-state index contributed by atoms with van der Waals surface area (Å²) in [6, 6.07) is 9.77. The van der Waals surface area contributed by atoms with Crippen molar-refractivity contribution in [2.24, 2.45) is 0 Å². The van der Waals surface area contributed by atoms with E-state index in [0.717, 1.165) is 5.76 Å². The average Bonchev–Trinajstić information content (AvgIpc) is 2.92. The lowest BCUT2D eigenvalue weighted by Gasteiger charge is -2.07. The number of rotatable bonds is 6. The molecule has 0 aliphatic rings. The molecule has 6 heteroatoms. The Morgan fingerprint density at radius 3 is 2.74 bits per heavy atom. The molecule has 0 fully saturated rings. The van der Waals surface area contributed by atoms with Crippen molar-refractivity contribution in [1.82, 2.24) is 4.72 Å². The van der Waals surface area contributed by atoms with E-state index in [1.54, 1.807) is 30.5 Å². The molecule has 2 N–H and O–H groups in total. The van der Waals surface area contributed by atoms with Crippen LogP contribution < -0.4 is 4.72 Å². The average molecular weight is 281 g/mol. The fraction of sp³-hybridized carbons (Fsp3) is 0.231. The number of furan rings is 1. The molecule has 0 unspecified atom stereocenters. The highest BCUT2D eigenvalue weighted by Gasteiger charge is 2.13. The van der Waals surface area contributed by atoms with Gasteiger partial charge in [0, 0.05) is 13.0 Å². The van der Waals surface area contributed by atoms with Crippen molar-refractivity contribution in [1.29, 1.82) is 0 Å². The summed E-state index contributed by atoms with van der Waals surface area (Å²) < 4.78 is 31.6. The van der Waals surface area contributed by atoms with Crippen molar-refractivity contribution in [3.05, 3.63) is 54.0 Å².